The number of aromatic carboxylic acids is 1. The fourth-order valence-electron chi connectivity index (χ4n) is 2.37. The number of rotatable bonds is 3. The maximum absolute atomic E-state index is 12.4. The van der Waals surface area contributed by atoms with Gasteiger partial charge in [0.05, 0.1) is 16.5 Å². The van der Waals surface area contributed by atoms with E-state index in [-0.39, 0.29) is 16.6 Å². The lowest BCUT2D eigenvalue weighted by Crippen LogP contribution is -2.39. The van der Waals surface area contributed by atoms with Crippen LogP contribution in [-0.2, 0) is 13.6 Å². The maximum Gasteiger partial charge on any atom is 0.335 e. The van der Waals surface area contributed by atoms with Gasteiger partial charge in [0.2, 0.25) is 0 Å². The molecule has 0 amide bonds. The Hall–Kier alpha value is -2.37. The van der Waals surface area contributed by atoms with Gasteiger partial charge in [-0.3, -0.25) is 13.9 Å². The van der Waals surface area contributed by atoms with E-state index in [1.165, 1.54) is 27.3 Å². The van der Waals surface area contributed by atoms with Gasteiger partial charge in [-0.05, 0) is 37.0 Å². The minimum absolute atomic E-state index is 0.0474. The Morgan fingerprint density at radius 2 is 2.05 bits per heavy atom. The summed E-state index contributed by atoms with van der Waals surface area (Å²) in [6, 6.07) is 4.24. The number of fused-ring (bicyclic) bond motifs is 1. The number of hydrogen-bond donors (Lipinski definition) is 1. The van der Waals surface area contributed by atoms with Crippen LogP contribution in [0.3, 0.4) is 0 Å². The van der Waals surface area contributed by atoms with Gasteiger partial charge in [0.25, 0.3) is 5.56 Å². The predicted molar refractivity (Wildman–Crippen MR) is 73.1 cm³/mol. The maximum atomic E-state index is 12.4. The number of aryl methyl sites for hydroxylation is 1. The SMILES string of the molecule is Cn1c(=O)n(CC2CC2)c(=O)c2cc(C(=O)O)ccc21. The highest BCUT2D eigenvalue weighted by Gasteiger charge is 2.24. The Labute approximate surface area is 113 Å². The predicted octanol–water partition coefficient (Wildman–Crippen LogP) is 0.808. The summed E-state index contributed by atoms with van der Waals surface area (Å²) >= 11 is 0. The molecule has 1 aliphatic carbocycles. The van der Waals surface area contributed by atoms with Crippen LogP contribution in [0.1, 0.15) is 23.2 Å². The number of carboxylic acids is 1. The number of aromatic nitrogens is 2. The van der Waals surface area contributed by atoms with Gasteiger partial charge in [-0.25, -0.2) is 9.59 Å². The highest BCUT2D eigenvalue weighted by molar-refractivity contribution is 5.93. The topological polar surface area (TPSA) is 81.3 Å². The van der Waals surface area contributed by atoms with Crippen molar-refractivity contribution in [3.05, 3.63) is 44.6 Å². The summed E-state index contributed by atoms with van der Waals surface area (Å²) in [7, 11) is 1.59. The average Bonchev–Trinajstić information content (AvgIpc) is 3.24. The molecule has 3 rings (SSSR count). The fourth-order valence-corrected chi connectivity index (χ4v) is 2.37. The molecule has 1 aromatic carbocycles. The number of benzene rings is 1. The molecule has 0 saturated heterocycles. The first kappa shape index (κ1) is 12.7. The second kappa shape index (κ2) is 4.33. The van der Waals surface area contributed by atoms with Gasteiger partial charge in [-0.15, -0.1) is 0 Å². The molecule has 1 heterocycles. The van der Waals surface area contributed by atoms with E-state index in [0.29, 0.717) is 18.0 Å². The second-order valence-corrected chi connectivity index (χ2v) is 5.24. The van der Waals surface area contributed by atoms with Crippen molar-refractivity contribution in [3.63, 3.8) is 0 Å². The number of carbonyl (C=O) groups is 1. The standard InChI is InChI=1S/C14H14N2O4/c1-15-11-5-4-9(13(18)19)6-10(11)12(17)16(14(15)20)7-8-2-3-8/h4-6,8H,2-3,7H2,1H3,(H,18,19). The lowest BCUT2D eigenvalue weighted by molar-refractivity contribution is 0.0697. The van der Waals surface area contributed by atoms with E-state index in [2.05, 4.69) is 0 Å². The largest absolute Gasteiger partial charge is 0.478 e. The van der Waals surface area contributed by atoms with Crippen molar-refractivity contribution in [1.29, 1.82) is 0 Å². The van der Waals surface area contributed by atoms with Crippen molar-refractivity contribution in [2.45, 2.75) is 19.4 Å². The first-order valence-electron chi connectivity index (χ1n) is 6.46. The van der Waals surface area contributed by atoms with Crippen LogP contribution in [0.5, 0.6) is 0 Å². The first-order chi connectivity index (χ1) is 9.49. The van der Waals surface area contributed by atoms with Crippen molar-refractivity contribution in [3.8, 4) is 0 Å². The molecule has 0 radical (unpaired) electrons. The molecule has 0 atom stereocenters. The molecule has 1 saturated carbocycles. The van der Waals surface area contributed by atoms with Gasteiger partial charge in [0.15, 0.2) is 0 Å². The first-order valence-corrected chi connectivity index (χ1v) is 6.46. The molecule has 104 valence electrons. The molecule has 2 aromatic rings. The molecule has 20 heavy (non-hydrogen) atoms. The van der Waals surface area contributed by atoms with Crippen molar-refractivity contribution in [2.75, 3.05) is 0 Å². The molecule has 1 fully saturated rings. The van der Waals surface area contributed by atoms with Crippen molar-refractivity contribution in [1.82, 2.24) is 9.13 Å². The van der Waals surface area contributed by atoms with Crippen LogP contribution >= 0.6 is 0 Å². The second-order valence-electron chi connectivity index (χ2n) is 5.24. The summed E-state index contributed by atoms with van der Waals surface area (Å²) < 4.78 is 2.61. The third-order valence-electron chi connectivity index (χ3n) is 3.74. The van der Waals surface area contributed by atoms with E-state index in [9.17, 15) is 14.4 Å². The van der Waals surface area contributed by atoms with E-state index >= 15 is 0 Å². The molecular weight excluding hydrogens is 260 g/mol. The molecule has 1 N–H and O–H groups in total. The van der Waals surface area contributed by atoms with E-state index < -0.39 is 11.5 Å². The zero-order valence-electron chi connectivity index (χ0n) is 11.0. The molecule has 0 aliphatic heterocycles. The Morgan fingerprint density at radius 3 is 2.65 bits per heavy atom. The van der Waals surface area contributed by atoms with E-state index in [0.717, 1.165) is 12.8 Å². The van der Waals surface area contributed by atoms with Gasteiger partial charge in [-0.1, -0.05) is 0 Å². The third-order valence-corrected chi connectivity index (χ3v) is 3.74. The van der Waals surface area contributed by atoms with Gasteiger partial charge in [0.1, 0.15) is 0 Å². The lowest BCUT2D eigenvalue weighted by Gasteiger charge is -2.10. The van der Waals surface area contributed by atoms with Crippen molar-refractivity contribution >= 4 is 16.9 Å². The number of carboxylic acid groups (broad SMARTS) is 1. The van der Waals surface area contributed by atoms with Crippen LogP contribution in [0.4, 0.5) is 0 Å². The van der Waals surface area contributed by atoms with Crippen LogP contribution in [0.2, 0.25) is 0 Å². The number of nitrogens with zero attached hydrogens (tertiary/aromatic N) is 2. The molecular formula is C14H14N2O4. The minimum atomic E-state index is -1.09. The van der Waals surface area contributed by atoms with Crippen molar-refractivity contribution in [2.24, 2.45) is 13.0 Å². The average molecular weight is 274 g/mol. The van der Waals surface area contributed by atoms with Crippen LogP contribution in [0.15, 0.2) is 27.8 Å². The Morgan fingerprint density at radius 1 is 1.35 bits per heavy atom. The van der Waals surface area contributed by atoms with Gasteiger partial charge >= 0.3 is 11.7 Å². The summed E-state index contributed by atoms with van der Waals surface area (Å²) in [4.78, 5) is 35.6. The van der Waals surface area contributed by atoms with E-state index in [4.69, 9.17) is 5.11 Å². The summed E-state index contributed by atoms with van der Waals surface area (Å²) in [5, 5.41) is 9.28. The van der Waals surface area contributed by atoms with Crippen molar-refractivity contribution < 1.29 is 9.90 Å². The molecule has 0 unspecified atom stereocenters. The van der Waals surface area contributed by atoms with Gasteiger partial charge < -0.3 is 5.11 Å². The third kappa shape index (κ3) is 1.93. The zero-order chi connectivity index (χ0) is 14.4. The summed E-state index contributed by atoms with van der Waals surface area (Å²) in [6.07, 6.45) is 2.06. The van der Waals surface area contributed by atoms with Crippen LogP contribution < -0.4 is 11.2 Å². The monoisotopic (exact) mass is 274 g/mol. The Kier molecular flexibility index (Phi) is 2.74. The molecule has 1 aromatic heterocycles. The quantitative estimate of drug-likeness (QED) is 0.898. The minimum Gasteiger partial charge on any atom is -0.478 e. The summed E-state index contributed by atoms with van der Waals surface area (Å²) in [5.41, 5.74) is -0.251. The molecule has 1 aliphatic rings. The van der Waals surface area contributed by atoms with E-state index in [1.807, 2.05) is 0 Å². The van der Waals surface area contributed by atoms with Gasteiger partial charge in [0, 0.05) is 13.6 Å². The van der Waals surface area contributed by atoms with Crippen LogP contribution in [0.25, 0.3) is 10.9 Å². The Bertz CT molecular complexity index is 827. The molecule has 0 bridgehead atoms. The van der Waals surface area contributed by atoms with Crippen LogP contribution in [0, 0.1) is 5.92 Å². The fraction of sp³-hybridized carbons (Fsp3) is 0.357. The smallest absolute Gasteiger partial charge is 0.335 e. The van der Waals surface area contributed by atoms with Crippen LogP contribution in [-0.4, -0.2) is 20.2 Å². The van der Waals surface area contributed by atoms with Gasteiger partial charge in [-0.2, -0.15) is 0 Å². The molecule has 6 heteroatoms. The Balaban J connectivity index is 2.32. The highest BCUT2D eigenvalue weighted by atomic mass is 16.4. The zero-order valence-corrected chi connectivity index (χ0v) is 11.0. The highest BCUT2D eigenvalue weighted by Crippen LogP contribution is 2.29. The number of hydrogen-bond acceptors (Lipinski definition) is 3. The summed E-state index contributed by atoms with van der Waals surface area (Å²) in [5.74, 6) is -0.700. The lowest BCUT2D eigenvalue weighted by atomic mass is 10.1. The molecule has 0 spiro atoms. The normalized spacial score (nSPS) is 14.7. The van der Waals surface area contributed by atoms with E-state index in [1.54, 1.807) is 7.05 Å². The summed E-state index contributed by atoms with van der Waals surface area (Å²) in [6.45, 7) is 0.415. The molecule has 6 nitrogen and oxygen atoms in total.